The number of thioether (sulfide) groups is 1. The van der Waals surface area contributed by atoms with Gasteiger partial charge in [0.05, 0.1) is 0 Å². The van der Waals surface area contributed by atoms with Gasteiger partial charge in [-0.25, -0.2) is 4.98 Å². The fourth-order valence-electron chi connectivity index (χ4n) is 0.522. The number of thiazole rings is 1. The van der Waals surface area contributed by atoms with Crippen LogP contribution in [-0.4, -0.2) is 24.3 Å². The molecule has 1 N–H and O–H groups in total. The fourth-order valence-corrected chi connectivity index (χ4v) is 2.19. The molecular formula is C6H10N2S2. The van der Waals surface area contributed by atoms with Crippen LogP contribution in [0.4, 0.5) is 0 Å². The van der Waals surface area contributed by atoms with Gasteiger partial charge >= 0.3 is 0 Å². The third kappa shape index (κ3) is 2.68. The lowest BCUT2D eigenvalue weighted by Gasteiger charge is -1.94. The lowest BCUT2D eigenvalue weighted by atomic mass is 10.8. The Kier molecular flexibility index (Phi) is 3.79. The summed E-state index contributed by atoms with van der Waals surface area (Å²) < 4.78 is 1.16. The van der Waals surface area contributed by atoms with Crippen LogP contribution in [0.3, 0.4) is 0 Å². The number of hydrogen-bond donors (Lipinski definition) is 1. The summed E-state index contributed by atoms with van der Waals surface area (Å²) >= 11 is 3.49. The van der Waals surface area contributed by atoms with E-state index in [0.717, 1.165) is 16.6 Å². The molecule has 1 heterocycles. The monoisotopic (exact) mass is 174 g/mol. The zero-order valence-electron chi connectivity index (χ0n) is 5.83. The molecule has 0 aliphatic heterocycles. The van der Waals surface area contributed by atoms with E-state index in [1.807, 2.05) is 18.6 Å². The number of rotatable bonds is 4. The van der Waals surface area contributed by atoms with Gasteiger partial charge in [-0.15, -0.1) is 11.3 Å². The Bertz CT molecular complexity index is 162. The molecule has 0 radical (unpaired) electrons. The van der Waals surface area contributed by atoms with E-state index >= 15 is 0 Å². The van der Waals surface area contributed by atoms with Gasteiger partial charge in [0.25, 0.3) is 0 Å². The van der Waals surface area contributed by atoms with Crippen LogP contribution < -0.4 is 5.32 Å². The van der Waals surface area contributed by atoms with E-state index < -0.39 is 0 Å². The van der Waals surface area contributed by atoms with Gasteiger partial charge in [-0.1, -0.05) is 11.8 Å². The molecule has 4 heteroatoms. The van der Waals surface area contributed by atoms with Gasteiger partial charge in [-0.2, -0.15) is 0 Å². The van der Waals surface area contributed by atoms with E-state index in [1.165, 1.54) is 0 Å². The first-order chi connectivity index (χ1) is 4.93. The molecule has 0 aliphatic carbocycles. The summed E-state index contributed by atoms with van der Waals surface area (Å²) in [6.07, 6.45) is 1.84. The van der Waals surface area contributed by atoms with Crippen LogP contribution in [0.1, 0.15) is 0 Å². The van der Waals surface area contributed by atoms with Crippen LogP contribution in [0.5, 0.6) is 0 Å². The zero-order valence-corrected chi connectivity index (χ0v) is 7.47. The summed E-state index contributed by atoms with van der Waals surface area (Å²) in [6, 6.07) is 0. The van der Waals surface area contributed by atoms with Gasteiger partial charge in [0, 0.05) is 23.9 Å². The molecule has 1 aromatic heterocycles. The number of nitrogens with zero attached hydrogens (tertiary/aromatic N) is 1. The van der Waals surface area contributed by atoms with Gasteiger partial charge in [-0.3, -0.25) is 0 Å². The summed E-state index contributed by atoms with van der Waals surface area (Å²) in [5, 5.41) is 5.09. The van der Waals surface area contributed by atoms with Crippen molar-refractivity contribution < 1.29 is 0 Å². The van der Waals surface area contributed by atoms with E-state index in [9.17, 15) is 0 Å². The molecule has 0 spiro atoms. The largest absolute Gasteiger partial charge is 0.319 e. The minimum Gasteiger partial charge on any atom is -0.319 e. The maximum atomic E-state index is 4.14. The quantitative estimate of drug-likeness (QED) is 0.552. The average Bonchev–Trinajstić information content (AvgIpc) is 2.41. The first-order valence-electron chi connectivity index (χ1n) is 3.10. The van der Waals surface area contributed by atoms with Crippen LogP contribution in [0.25, 0.3) is 0 Å². The standard InChI is InChI=1S/C6H10N2S2/c1-7-2-4-9-6-8-3-5-10-6/h3,5,7H,2,4H2,1H3. The molecule has 0 unspecified atom stereocenters. The van der Waals surface area contributed by atoms with Crippen molar-refractivity contribution in [3.63, 3.8) is 0 Å². The highest BCUT2D eigenvalue weighted by Crippen LogP contribution is 2.18. The summed E-state index contributed by atoms with van der Waals surface area (Å²) in [7, 11) is 1.96. The Morgan fingerprint density at radius 1 is 1.80 bits per heavy atom. The Hall–Kier alpha value is -0.0600. The van der Waals surface area contributed by atoms with Gasteiger partial charge in [0.15, 0.2) is 0 Å². The highest BCUT2D eigenvalue weighted by atomic mass is 32.2. The highest BCUT2D eigenvalue weighted by molar-refractivity contribution is 8.01. The van der Waals surface area contributed by atoms with Crippen molar-refractivity contribution in [1.82, 2.24) is 10.3 Å². The maximum Gasteiger partial charge on any atom is 0.149 e. The molecule has 0 fully saturated rings. The Labute approximate surface area is 69.1 Å². The van der Waals surface area contributed by atoms with Gasteiger partial charge < -0.3 is 5.32 Å². The van der Waals surface area contributed by atoms with Crippen molar-refractivity contribution in [2.75, 3.05) is 19.3 Å². The molecule has 0 bridgehead atoms. The fraction of sp³-hybridized carbons (Fsp3) is 0.500. The maximum absolute atomic E-state index is 4.14. The first kappa shape index (κ1) is 8.04. The molecule has 0 saturated heterocycles. The van der Waals surface area contributed by atoms with Crippen molar-refractivity contribution in [3.05, 3.63) is 11.6 Å². The van der Waals surface area contributed by atoms with Crippen LogP contribution in [0.15, 0.2) is 15.9 Å². The Morgan fingerprint density at radius 3 is 3.30 bits per heavy atom. The van der Waals surface area contributed by atoms with Crippen molar-refractivity contribution in [2.45, 2.75) is 4.34 Å². The minimum atomic E-state index is 1.05. The van der Waals surface area contributed by atoms with Crippen molar-refractivity contribution in [3.8, 4) is 0 Å². The van der Waals surface area contributed by atoms with E-state index in [4.69, 9.17) is 0 Å². The molecule has 0 atom stereocenters. The summed E-state index contributed by atoms with van der Waals surface area (Å²) in [4.78, 5) is 4.14. The molecule has 2 nitrogen and oxygen atoms in total. The molecule has 0 aromatic carbocycles. The SMILES string of the molecule is CNCCSc1nccs1. The van der Waals surface area contributed by atoms with Crippen molar-refractivity contribution >= 4 is 23.1 Å². The second-order valence-corrected chi connectivity index (χ2v) is 3.99. The second-order valence-electron chi connectivity index (χ2n) is 1.75. The molecular weight excluding hydrogens is 164 g/mol. The zero-order chi connectivity index (χ0) is 7.23. The Balaban J connectivity index is 2.15. The van der Waals surface area contributed by atoms with Crippen LogP contribution >= 0.6 is 23.1 Å². The topological polar surface area (TPSA) is 24.9 Å². The summed E-state index contributed by atoms with van der Waals surface area (Å²) in [5.74, 6) is 1.10. The first-order valence-corrected chi connectivity index (χ1v) is 4.97. The second kappa shape index (κ2) is 4.71. The third-order valence-electron chi connectivity index (χ3n) is 0.987. The molecule has 1 rings (SSSR count). The summed E-state index contributed by atoms with van der Waals surface area (Å²) in [6.45, 7) is 1.05. The smallest absolute Gasteiger partial charge is 0.149 e. The van der Waals surface area contributed by atoms with Gasteiger partial charge in [0.1, 0.15) is 4.34 Å². The van der Waals surface area contributed by atoms with Crippen molar-refractivity contribution in [2.24, 2.45) is 0 Å². The minimum absolute atomic E-state index is 1.05. The van der Waals surface area contributed by atoms with Crippen LogP contribution in [0.2, 0.25) is 0 Å². The molecule has 56 valence electrons. The predicted molar refractivity (Wildman–Crippen MR) is 46.8 cm³/mol. The van der Waals surface area contributed by atoms with E-state index in [2.05, 4.69) is 10.3 Å². The van der Waals surface area contributed by atoms with E-state index in [-0.39, 0.29) is 0 Å². The van der Waals surface area contributed by atoms with Crippen LogP contribution in [0, 0.1) is 0 Å². The lowest BCUT2D eigenvalue weighted by molar-refractivity contribution is 0.871. The molecule has 10 heavy (non-hydrogen) atoms. The van der Waals surface area contributed by atoms with Gasteiger partial charge in [0.2, 0.25) is 0 Å². The Morgan fingerprint density at radius 2 is 2.70 bits per heavy atom. The summed E-state index contributed by atoms with van der Waals surface area (Å²) in [5.41, 5.74) is 0. The number of nitrogens with one attached hydrogen (secondary N) is 1. The number of hydrogen-bond acceptors (Lipinski definition) is 4. The lowest BCUT2D eigenvalue weighted by Crippen LogP contribution is -2.09. The van der Waals surface area contributed by atoms with Crippen molar-refractivity contribution in [1.29, 1.82) is 0 Å². The van der Waals surface area contributed by atoms with Crippen LogP contribution in [-0.2, 0) is 0 Å². The molecule has 1 aromatic rings. The van der Waals surface area contributed by atoms with E-state index in [0.29, 0.717) is 0 Å². The normalized spacial score (nSPS) is 10.1. The molecule has 0 amide bonds. The number of aromatic nitrogens is 1. The molecule has 0 saturated carbocycles. The third-order valence-corrected chi connectivity index (χ3v) is 2.95. The molecule has 0 aliphatic rings. The highest BCUT2D eigenvalue weighted by Gasteiger charge is 1.93. The van der Waals surface area contributed by atoms with Gasteiger partial charge in [-0.05, 0) is 7.05 Å². The van der Waals surface area contributed by atoms with E-state index in [1.54, 1.807) is 23.1 Å². The average molecular weight is 174 g/mol. The predicted octanol–water partition coefficient (Wildman–Crippen LogP) is 1.45.